The second kappa shape index (κ2) is 5.28. The van der Waals surface area contributed by atoms with Gasteiger partial charge < -0.3 is 11.1 Å². The van der Waals surface area contributed by atoms with Crippen molar-refractivity contribution in [3.8, 4) is 11.3 Å². The lowest BCUT2D eigenvalue weighted by Crippen LogP contribution is -2.24. The van der Waals surface area contributed by atoms with Gasteiger partial charge in [-0.15, -0.1) is 0 Å². The molecule has 1 aliphatic heterocycles. The van der Waals surface area contributed by atoms with Crippen LogP contribution in [-0.4, -0.2) is 22.3 Å². The van der Waals surface area contributed by atoms with Gasteiger partial charge in [-0.2, -0.15) is 9.78 Å². The predicted octanol–water partition coefficient (Wildman–Crippen LogP) is 2.80. The molecule has 0 fully saturated rings. The summed E-state index contributed by atoms with van der Waals surface area (Å²) < 4.78 is 2.51. The van der Waals surface area contributed by atoms with Crippen molar-refractivity contribution in [2.45, 2.75) is 19.3 Å². The molecule has 2 aromatic rings. The van der Waals surface area contributed by atoms with E-state index in [0.29, 0.717) is 0 Å². The van der Waals surface area contributed by atoms with Crippen LogP contribution in [0.4, 0.5) is 5.82 Å². The van der Waals surface area contributed by atoms with Crippen molar-refractivity contribution in [1.82, 2.24) is 9.78 Å². The van der Waals surface area contributed by atoms with Crippen molar-refractivity contribution in [2.24, 2.45) is 5.73 Å². The Hall–Kier alpha value is -1.82. The number of rotatable bonds is 1. The van der Waals surface area contributed by atoms with Crippen LogP contribution in [0, 0.1) is 5.41 Å². The van der Waals surface area contributed by atoms with Gasteiger partial charge in [0, 0.05) is 22.1 Å². The minimum absolute atomic E-state index is 0.0584. The van der Waals surface area contributed by atoms with E-state index in [2.05, 4.69) is 26.3 Å². The van der Waals surface area contributed by atoms with Crippen LogP contribution < -0.4 is 11.1 Å². The summed E-state index contributed by atoms with van der Waals surface area (Å²) in [7, 11) is 0. The first-order valence-corrected chi connectivity index (χ1v) is 7.42. The summed E-state index contributed by atoms with van der Waals surface area (Å²) in [5.74, 6) is 0.807. The highest BCUT2D eigenvalue weighted by Gasteiger charge is 2.21. The zero-order chi connectivity index (χ0) is 14.1. The van der Waals surface area contributed by atoms with E-state index in [1.165, 1.54) is 4.68 Å². The van der Waals surface area contributed by atoms with Gasteiger partial charge in [-0.3, -0.25) is 5.41 Å². The fraction of sp³-hybridized carbons (Fsp3) is 0.286. The molecule has 3 rings (SSSR count). The first kappa shape index (κ1) is 13.2. The number of aromatic nitrogens is 2. The highest BCUT2D eigenvalue weighted by Crippen LogP contribution is 2.32. The largest absolute Gasteiger partial charge is 0.370 e. The number of nitrogen functional groups attached to an aromatic ring is 1. The van der Waals surface area contributed by atoms with Gasteiger partial charge in [0.2, 0.25) is 5.96 Å². The van der Waals surface area contributed by atoms with Gasteiger partial charge >= 0.3 is 0 Å². The van der Waals surface area contributed by atoms with E-state index in [9.17, 15) is 0 Å². The van der Waals surface area contributed by atoms with Crippen LogP contribution >= 0.6 is 15.9 Å². The van der Waals surface area contributed by atoms with Crippen LogP contribution in [0.15, 0.2) is 28.7 Å². The smallest absolute Gasteiger partial charge is 0.215 e. The molecule has 1 aromatic carbocycles. The number of nitrogens with zero attached hydrogens (tertiary/aromatic N) is 2. The van der Waals surface area contributed by atoms with Crippen molar-refractivity contribution >= 4 is 27.7 Å². The molecule has 20 heavy (non-hydrogen) atoms. The normalized spacial score (nSPS) is 14.2. The van der Waals surface area contributed by atoms with E-state index >= 15 is 0 Å². The van der Waals surface area contributed by atoms with Gasteiger partial charge in [0.1, 0.15) is 5.82 Å². The molecule has 1 aliphatic rings. The number of hydrogen-bond donors (Lipinski definition) is 3. The lowest BCUT2D eigenvalue weighted by Gasteiger charge is -2.06. The molecule has 6 heteroatoms. The number of fused-ring (bicyclic) bond motifs is 1. The maximum Gasteiger partial charge on any atom is 0.215 e. The fourth-order valence-electron chi connectivity index (χ4n) is 2.54. The fourth-order valence-corrected chi connectivity index (χ4v) is 2.94. The van der Waals surface area contributed by atoms with Crippen LogP contribution in [0.5, 0.6) is 0 Å². The van der Waals surface area contributed by atoms with Crippen LogP contribution in [0.2, 0.25) is 0 Å². The Balaban J connectivity index is 2.18. The minimum Gasteiger partial charge on any atom is -0.370 e. The lowest BCUT2D eigenvalue weighted by molar-refractivity contribution is 0.781. The average molecular weight is 334 g/mol. The van der Waals surface area contributed by atoms with Gasteiger partial charge in [-0.1, -0.05) is 28.1 Å². The van der Waals surface area contributed by atoms with Crippen molar-refractivity contribution in [2.75, 3.05) is 11.9 Å². The topological polar surface area (TPSA) is 79.7 Å². The van der Waals surface area contributed by atoms with E-state index in [-0.39, 0.29) is 5.96 Å². The summed E-state index contributed by atoms with van der Waals surface area (Å²) in [6.45, 7) is 0.893. The molecule has 0 unspecified atom stereocenters. The monoisotopic (exact) mass is 333 g/mol. The third-order valence-electron chi connectivity index (χ3n) is 3.46. The summed E-state index contributed by atoms with van der Waals surface area (Å²) in [4.78, 5) is 0. The summed E-state index contributed by atoms with van der Waals surface area (Å²) in [5.41, 5.74) is 8.74. The van der Waals surface area contributed by atoms with E-state index in [4.69, 9.17) is 11.1 Å². The first-order valence-electron chi connectivity index (χ1n) is 6.63. The number of nitrogens with two attached hydrogens (primary N) is 1. The molecule has 0 saturated carbocycles. The van der Waals surface area contributed by atoms with E-state index in [0.717, 1.165) is 52.9 Å². The molecule has 4 N–H and O–H groups in total. The Morgan fingerprint density at radius 1 is 1.40 bits per heavy atom. The molecular weight excluding hydrogens is 318 g/mol. The van der Waals surface area contributed by atoms with Gasteiger partial charge in [-0.05, 0) is 31.4 Å². The van der Waals surface area contributed by atoms with Gasteiger partial charge in [0.25, 0.3) is 0 Å². The Bertz CT molecular complexity index is 662. The zero-order valence-electron chi connectivity index (χ0n) is 11.0. The number of anilines is 1. The molecule has 104 valence electrons. The maximum absolute atomic E-state index is 7.69. The van der Waals surface area contributed by atoms with Crippen LogP contribution in [0.25, 0.3) is 11.3 Å². The van der Waals surface area contributed by atoms with Gasteiger partial charge in [0.05, 0.1) is 5.69 Å². The molecule has 2 heterocycles. The number of nitrogens with one attached hydrogen (secondary N) is 2. The second-order valence-corrected chi connectivity index (χ2v) is 5.78. The van der Waals surface area contributed by atoms with E-state index in [1.54, 1.807) is 0 Å². The minimum atomic E-state index is -0.0584. The van der Waals surface area contributed by atoms with Crippen LogP contribution in [-0.2, 0) is 6.42 Å². The third kappa shape index (κ3) is 2.31. The molecule has 0 saturated heterocycles. The van der Waals surface area contributed by atoms with Gasteiger partial charge in [-0.25, -0.2) is 0 Å². The molecular formula is C14H16BrN5. The van der Waals surface area contributed by atoms with Crippen LogP contribution in [0.3, 0.4) is 0 Å². The maximum atomic E-state index is 7.69. The van der Waals surface area contributed by atoms with Crippen molar-refractivity contribution in [3.63, 3.8) is 0 Å². The highest BCUT2D eigenvalue weighted by atomic mass is 79.9. The quantitative estimate of drug-likeness (QED) is 0.554. The molecule has 0 amide bonds. The SMILES string of the molecule is N=C(N)n1nc(-c2cccc(Br)c2)c2c1NCCCC2. The third-order valence-corrected chi connectivity index (χ3v) is 3.95. The molecule has 0 spiro atoms. The Morgan fingerprint density at radius 2 is 2.25 bits per heavy atom. The number of halogens is 1. The Labute approximate surface area is 125 Å². The first-order chi connectivity index (χ1) is 9.66. The summed E-state index contributed by atoms with van der Waals surface area (Å²) >= 11 is 3.49. The summed E-state index contributed by atoms with van der Waals surface area (Å²) in [6.07, 6.45) is 3.19. The van der Waals surface area contributed by atoms with Crippen molar-refractivity contribution in [3.05, 3.63) is 34.3 Å². The molecule has 5 nitrogen and oxygen atoms in total. The molecule has 0 radical (unpaired) electrons. The zero-order valence-corrected chi connectivity index (χ0v) is 12.6. The Morgan fingerprint density at radius 3 is 3.00 bits per heavy atom. The number of benzene rings is 1. The molecule has 0 atom stereocenters. The summed E-state index contributed by atoms with van der Waals surface area (Å²) in [6, 6.07) is 8.05. The van der Waals surface area contributed by atoms with E-state index < -0.39 is 0 Å². The number of hydrogen-bond acceptors (Lipinski definition) is 3. The molecule has 1 aromatic heterocycles. The molecule has 0 bridgehead atoms. The summed E-state index contributed by atoms with van der Waals surface area (Å²) in [5, 5.41) is 15.6. The second-order valence-electron chi connectivity index (χ2n) is 4.87. The van der Waals surface area contributed by atoms with Crippen molar-refractivity contribution < 1.29 is 0 Å². The standard InChI is InChI=1S/C14H16BrN5/c15-10-5-3-4-9(8-10)12-11-6-1-2-7-18-13(11)20(19-12)14(16)17/h3-5,8,18H,1-2,6-7H2,(H3,16,17). The predicted molar refractivity (Wildman–Crippen MR) is 84.1 cm³/mol. The average Bonchev–Trinajstić information content (AvgIpc) is 2.61. The van der Waals surface area contributed by atoms with E-state index in [1.807, 2.05) is 24.3 Å². The van der Waals surface area contributed by atoms with Crippen LogP contribution in [0.1, 0.15) is 18.4 Å². The van der Waals surface area contributed by atoms with Crippen molar-refractivity contribution in [1.29, 1.82) is 5.41 Å². The molecule has 0 aliphatic carbocycles. The highest BCUT2D eigenvalue weighted by molar-refractivity contribution is 9.10. The lowest BCUT2D eigenvalue weighted by atomic mass is 10.0. The Kier molecular flexibility index (Phi) is 3.48. The van der Waals surface area contributed by atoms with Gasteiger partial charge in [0.15, 0.2) is 0 Å².